The Balaban J connectivity index is 1.45. The van der Waals surface area contributed by atoms with Gasteiger partial charge in [0, 0.05) is 6.42 Å². The van der Waals surface area contributed by atoms with Crippen LogP contribution in [0.15, 0.2) is 97.2 Å². The van der Waals surface area contributed by atoms with Gasteiger partial charge in [-0.1, -0.05) is 214 Å². The number of ether oxygens (including phenoxy) is 6. The standard InChI is InChI=1S/C70H119NO18/c1-3-5-7-9-11-13-15-17-19-21-22-23-24-25-26-27-28-29-30-32-34-36-38-40-42-44-46-48-58(76)71-53(54(75)47-45-43-41-39-37-35-33-31-20-18-16-14-12-10-8-6-4-2)52-84-68-64(82)61(79)66(56(50-73)86-68)89-70-65(83)62(80)67(57(51-74)87-70)88-69-63(81)60(78)59(77)55(49-72)85-69/h5,7,11,13,17,19,22-23,25-26,28-29,37,39,45,47,53-57,59-70,72-75,77-83H,3-4,6,8-10,12,14-16,18,20-21,24,27,30-36,38,40-44,46,48-52H2,1-2H3,(H,71,76)/b7-5-,13-11-,19-17-,23-22-,26-25-,29-28-,39-37+,47-45+. The molecule has 19 heteroatoms. The molecule has 1 amide bonds. The highest BCUT2D eigenvalue weighted by atomic mass is 16.8. The van der Waals surface area contributed by atoms with Crippen molar-refractivity contribution in [3.8, 4) is 0 Å². The quantitative estimate of drug-likeness (QED) is 0.0201. The topological polar surface area (TPSA) is 307 Å². The molecular formula is C70H119NO18. The average Bonchev–Trinajstić information content (AvgIpc) is 2.46. The minimum atomic E-state index is -1.99. The Morgan fingerprint density at radius 3 is 1.26 bits per heavy atom. The molecule has 3 saturated heterocycles. The Labute approximate surface area is 533 Å². The first-order chi connectivity index (χ1) is 43.3. The van der Waals surface area contributed by atoms with Crippen LogP contribution in [0.4, 0.5) is 0 Å². The molecule has 3 rings (SSSR count). The van der Waals surface area contributed by atoms with Gasteiger partial charge in [0.05, 0.1) is 38.6 Å². The molecule has 12 N–H and O–H groups in total. The van der Waals surface area contributed by atoms with E-state index in [-0.39, 0.29) is 18.9 Å². The zero-order valence-electron chi connectivity index (χ0n) is 53.9. The Morgan fingerprint density at radius 1 is 0.416 bits per heavy atom. The van der Waals surface area contributed by atoms with Crippen molar-refractivity contribution in [1.82, 2.24) is 5.32 Å². The Bertz CT molecular complexity index is 1990. The molecule has 0 spiro atoms. The number of aliphatic hydroxyl groups is 11. The van der Waals surface area contributed by atoms with Gasteiger partial charge in [0.15, 0.2) is 18.9 Å². The van der Waals surface area contributed by atoms with E-state index in [1.807, 2.05) is 6.08 Å². The first-order valence-corrected chi connectivity index (χ1v) is 34.0. The van der Waals surface area contributed by atoms with E-state index in [4.69, 9.17) is 28.4 Å². The summed E-state index contributed by atoms with van der Waals surface area (Å²) in [5.74, 6) is -0.298. The number of unbranched alkanes of at least 4 members (excludes halogenated alkanes) is 20. The van der Waals surface area contributed by atoms with E-state index in [1.54, 1.807) is 6.08 Å². The molecule has 3 fully saturated rings. The van der Waals surface area contributed by atoms with E-state index in [2.05, 4.69) is 104 Å². The molecule has 0 saturated carbocycles. The van der Waals surface area contributed by atoms with Gasteiger partial charge in [-0.25, -0.2) is 0 Å². The summed E-state index contributed by atoms with van der Waals surface area (Å²) in [6.07, 6.45) is 39.5. The van der Waals surface area contributed by atoms with E-state index in [0.717, 1.165) is 103 Å². The minimum absolute atomic E-state index is 0.219. The smallest absolute Gasteiger partial charge is 0.220 e. The van der Waals surface area contributed by atoms with Crippen LogP contribution < -0.4 is 5.32 Å². The number of carbonyl (C=O) groups is 1. The third-order valence-corrected chi connectivity index (χ3v) is 16.4. The second-order valence-corrected chi connectivity index (χ2v) is 23.9. The molecule has 3 heterocycles. The van der Waals surface area contributed by atoms with Gasteiger partial charge < -0.3 is 89.9 Å². The summed E-state index contributed by atoms with van der Waals surface area (Å²) in [5.41, 5.74) is 0. The highest BCUT2D eigenvalue weighted by Crippen LogP contribution is 2.33. The van der Waals surface area contributed by atoms with Crippen LogP contribution in [0.5, 0.6) is 0 Å². The normalized spacial score (nSPS) is 28.8. The highest BCUT2D eigenvalue weighted by Gasteiger charge is 2.53. The maximum Gasteiger partial charge on any atom is 0.220 e. The van der Waals surface area contributed by atoms with Crippen LogP contribution in [-0.2, 0) is 33.2 Å². The molecule has 0 aromatic carbocycles. The van der Waals surface area contributed by atoms with Crippen molar-refractivity contribution in [2.75, 3.05) is 26.4 Å². The van der Waals surface area contributed by atoms with E-state index in [0.29, 0.717) is 12.8 Å². The SMILES string of the molecule is CC/C=C\C/C=C\C/C=C\C/C=C\C/C=C\C/C=C\CCCCCCCCCCC(=O)NC(COC1OC(CO)C(OC2OC(CO)C(OC3OC(CO)C(O)C(O)C3O)C(O)C2O)C(O)C1O)C(O)/C=C/CC/C=C/CCCCCCCCCCCCC. The van der Waals surface area contributed by atoms with Gasteiger partial charge in [0.1, 0.15) is 73.2 Å². The van der Waals surface area contributed by atoms with Crippen molar-refractivity contribution in [3.05, 3.63) is 97.2 Å². The molecule has 89 heavy (non-hydrogen) atoms. The summed E-state index contributed by atoms with van der Waals surface area (Å²) in [6.45, 7) is 1.58. The van der Waals surface area contributed by atoms with Crippen molar-refractivity contribution in [1.29, 1.82) is 0 Å². The number of aliphatic hydroxyl groups excluding tert-OH is 11. The summed E-state index contributed by atoms with van der Waals surface area (Å²) in [6, 6.07) is -1.00. The van der Waals surface area contributed by atoms with Crippen molar-refractivity contribution in [3.63, 3.8) is 0 Å². The van der Waals surface area contributed by atoms with Gasteiger partial charge in [-0.3, -0.25) is 4.79 Å². The molecule has 512 valence electrons. The predicted octanol–water partition coefficient (Wildman–Crippen LogP) is 8.49. The fourth-order valence-electron chi connectivity index (χ4n) is 10.9. The third kappa shape index (κ3) is 33.4. The van der Waals surface area contributed by atoms with Crippen LogP contribution in [0, 0.1) is 0 Å². The Morgan fingerprint density at radius 2 is 0.787 bits per heavy atom. The number of amides is 1. The Kier molecular flexibility index (Phi) is 46.0. The second-order valence-electron chi connectivity index (χ2n) is 23.9. The monoisotopic (exact) mass is 1260 g/mol. The fraction of sp³-hybridized carbons (Fsp3) is 0.757. The Hall–Kier alpha value is -3.29. The first-order valence-electron chi connectivity index (χ1n) is 34.0. The van der Waals surface area contributed by atoms with Gasteiger partial charge in [0.25, 0.3) is 0 Å². The molecule has 0 bridgehead atoms. The summed E-state index contributed by atoms with van der Waals surface area (Å²) in [5, 5.41) is 120. The van der Waals surface area contributed by atoms with Crippen molar-refractivity contribution in [2.45, 2.75) is 311 Å². The summed E-state index contributed by atoms with van der Waals surface area (Å²) in [7, 11) is 0. The molecule has 3 aliphatic rings. The molecule has 17 atom stereocenters. The lowest BCUT2D eigenvalue weighted by atomic mass is 9.96. The molecular weight excluding hydrogens is 1140 g/mol. The van der Waals surface area contributed by atoms with Crippen LogP contribution in [0.25, 0.3) is 0 Å². The third-order valence-electron chi connectivity index (χ3n) is 16.4. The number of rotatable bonds is 50. The van der Waals surface area contributed by atoms with Crippen LogP contribution in [-0.4, -0.2) is 193 Å². The van der Waals surface area contributed by atoms with Gasteiger partial charge >= 0.3 is 0 Å². The second kappa shape index (κ2) is 51.2. The molecule has 17 unspecified atom stereocenters. The number of nitrogens with one attached hydrogen (secondary N) is 1. The maximum absolute atomic E-state index is 13.4. The van der Waals surface area contributed by atoms with Gasteiger partial charge in [-0.15, -0.1) is 0 Å². The molecule has 0 aliphatic carbocycles. The van der Waals surface area contributed by atoms with Crippen LogP contribution >= 0.6 is 0 Å². The van der Waals surface area contributed by atoms with E-state index in [1.165, 1.54) is 70.6 Å². The number of hydrogen-bond acceptors (Lipinski definition) is 18. The fourth-order valence-corrected chi connectivity index (χ4v) is 10.9. The van der Waals surface area contributed by atoms with Crippen LogP contribution in [0.2, 0.25) is 0 Å². The number of hydrogen-bond donors (Lipinski definition) is 12. The van der Waals surface area contributed by atoms with Crippen LogP contribution in [0.3, 0.4) is 0 Å². The lowest BCUT2D eigenvalue weighted by molar-refractivity contribution is -0.379. The van der Waals surface area contributed by atoms with Crippen molar-refractivity contribution >= 4 is 5.91 Å². The zero-order chi connectivity index (χ0) is 64.7. The molecule has 0 radical (unpaired) electrons. The lowest BCUT2D eigenvalue weighted by Crippen LogP contribution is -2.66. The van der Waals surface area contributed by atoms with E-state index in [9.17, 15) is 61.0 Å². The predicted molar refractivity (Wildman–Crippen MR) is 346 cm³/mol. The number of carbonyl (C=O) groups excluding carboxylic acids is 1. The van der Waals surface area contributed by atoms with Gasteiger partial charge in [-0.2, -0.15) is 0 Å². The highest BCUT2D eigenvalue weighted by molar-refractivity contribution is 5.76. The molecule has 3 aliphatic heterocycles. The van der Waals surface area contributed by atoms with Gasteiger partial charge in [-0.05, 0) is 83.5 Å². The first kappa shape index (κ1) is 79.9. The lowest BCUT2D eigenvalue weighted by Gasteiger charge is -2.48. The molecule has 0 aromatic rings. The largest absolute Gasteiger partial charge is 0.394 e. The molecule has 0 aromatic heterocycles. The maximum atomic E-state index is 13.4. The average molecular weight is 1260 g/mol. The van der Waals surface area contributed by atoms with E-state index < -0.39 is 124 Å². The van der Waals surface area contributed by atoms with E-state index >= 15 is 0 Å². The van der Waals surface area contributed by atoms with Crippen molar-refractivity contribution < 1.29 is 89.4 Å². The van der Waals surface area contributed by atoms with Crippen molar-refractivity contribution in [2.24, 2.45) is 0 Å². The van der Waals surface area contributed by atoms with Crippen LogP contribution in [0.1, 0.15) is 206 Å². The minimum Gasteiger partial charge on any atom is -0.394 e. The number of allylic oxidation sites excluding steroid dienone is 15. The van der Waals surface area contributed by atoms with Gasteiger partial charge in [0.2, 0.25) is 5.91 Å². The summed E-state index contributed by atoms with van der Waals surface area (Å²) >= 11 is 0. The molecule has 19 nitrogen and oxygen atoms in total. The summed E-state index contributed by atoms with van der Waals surface area (Å²) in [4.78, 5) is 13.4. The summed E-state index contributed by atoms with van der Waals surface area (Å²) < 4.78 is 34.3. The zero-order valence-corrected chi connectivity index (χ0v) is 53.9.